The molecular formula is C19H14Br2N2O6S2. The third-order valence-corrected chi connectivity index (χ3v) is 7.70. The monoisotopic (exact) mass is 588 g/mol. The zero-order valence-electron chi connectivity index (χ0n) is 15.5. The van der Waals surface area contributed by atoms with E-state index in [1.54, 1.807) is 29.6 Å². The van der Waals surface area contributed by atoms with Crippen molar-refractivity contribution in [2.24, 2.45) is 0 Å². The van der Waals surface area contributed by atoms with Crippen LogP contribution in [0.3, 0.4) is 0 Å². The molecule has 8 nitrogen and oxygen atoms in total. The Bertz CT molecular complexity index is 1230. The van der Waals surface area contributed by atoms with Gasteiger partial charge in [0, 0.05) is 14.6 Å². The molecule has 0 saturated heterocycles. The second kappa shape index (κ2) is 9.81. The maximum Gasteiger partial charge on any atom is 0.342 e. The number of hydrogen-bond acceptors (Lipinski definition) is 7. The minimum absolute atomic E-state index is 0.0568. The SMILES string of the molecule is O=C(COC(=O)c1cc(NS(=O)(=O)c2cccs2)ccc1O)Nc1ccc(Br)cc1Br. The summed E-state index contributed by atoms with van der Waals surface area (Å²) in [6, 6.07) is 11.7. The van der Waals surface area contributed by atoms with Gasteiger partial charge in [-0.2, -0.15) is 0 Å². The molecule has 0 bridgehead atoms. The van der Waals surface area contributed by atoms with Gasteiger partial charge < -0.3 is 15.2 Å². The molecule has 0 fully saturated rings. The third kappa shape index (κ3) is 6.06. The summed E-state index contributed by atoms with van der Waals surface area (Å²) in [6.07, 6.45) is 0. The number of aromatic hydroxyl groups is 1. The average Bonchev–Trinajstić information content (AvgIpc) is 3.25. The number of benzene rings is 2. The quantitative estimate of drug-likeness (QED) is 0.274. The van der Waals surface area contributed by atoms with E-state index < -0.39 is 34.3 Å². The van der Waals surface area contributed by atoms with E-state index in [2.05, 4.69) is 41.9 Å². The van der Waals surface area contributed by atoms with Crippen molar-refractivity contribution in [1.82, 2.24) is 0 Å². The van der Waals surface area contributed by atoms with Crippen LogP contribution in [0.1, 0.15) is 10.4 Å². The van der Waals surface area contributed by atoms with Crippen LogP contribution in [0.25, 0.3) is 0 Å². The number of ether oxygens (including phenoxy) is 1. The zero-order valence-corrected chi connectivity index (χ0v) is 20.3. The molecule has 3 aromatic rings. The summed E-state index contributed by atoms with van der Waals surface area (Å²) in [7, 11) is -3.83. The van der Waals surface area contributed by atoms with Crippen LogP contribution < -0.4 is 10.0 Å². The minimum atomic E-state index is -3.83. The predicted molar refractivity (Wildman–Crippen MR) is 124 cm³/mol. The smallest absolute Gasteiger partial charge is 0.342 e. The van der Waals surface area contributed by atoms with Gasteiger partial charge in [0.1, 0.15) is 15.5 Å². The molecule has 1 heterocycles. The highest BCUT2D eigenvalue weighted by Crippen LogP contribution is 2.27. The molecule has 0 saturated carbocycles. The molecule has 0 aliphatic carbocycles. The van der Waals surface area contributed by atoms with E-state index in [0.717, 1.165) is 27.9 Å². The Kier molecular flexibility index (Phi) is 7.36. The van der Waals surface area contributed by atoms with Gasteiger partial charge in [-0.15, -0.1) is 11.3 Å². The standard InChI is InChI=1S/C19H14Br2N2O6S2/c20-11-3-5-15(14(21)8-11)22-17(25)10-29-19(26)13-9-12(4-6-16(13)24)23-31(27,28)18-2-1-7-30-18/h1-9,23-24H,10H2,(H,22,25). The Labute approximate surface area is 198 Å². The van der Waals surface area contributed by atoms with Gasteiger partial charge in [-0.1, -0.05) is 22.0 Å². The third-order valence-electron chi connectivity index (χ3n) is 3.77. The molecule has 0 atom stereocenters. The Balaban J connectivity index is 1.66. The number of phenolic OH excluding ortho intramolecular Hbond substituents is 1. The summed E-state index contributed by atoms with van der Waals surface area (Å²) >= 11 is 7.64. The molecule has 1 amide bonds. The van der Waals surface area contributed by atoms with Crippen LogP contribution in [-0.4, -0.2) is 32.0 Å². The molecule has 2 aromatic carbocycles. The van der Waals surface area contributed by atoms with E-state index in [4.69, 9.17) is 4.74 Å². The summed E-state index contributed by atoms with van der Waals surface area (Å²) in [5.74, 6) is -2.00. The molecule has 0 spiro atoms. The van der Waals surface area contributed by atoms with Gasteiger partial charge in [0.05, 0.1) is 5.69 Å². The fraction of sp³-hybridized carbons (Fsp3) is 0.0526. The first kappa shape index (κ1) is 23.3. The lowest BCUT2D eigenvalue weighted by Gasteiger charge is -2.11. The van der Waals surface area contributed by atoms with Crippen molar-refractivity contribution in [3.8, 4) is 5.75 Å². The Morgan fingerprint density at radius 2 is 1.87 bits per heavy atom. The molecule has 0 radical (unpaired) electrons. The molecule has 12 heteroatoms. The zero-order chi connectivity index (χ0) is 22.6. The number of nitrogens with one attached hydrogen (secondary N) is 2. The summed E-state index contributed by atoms with van der Waals surface area (Å²) < 4.78 is 33.5. The topological polar surface area (TPSA) is 122 Å². The fourth-order valence-corrected chi connectivity index (χ4v) is 5.56. The lowest BCUT2D eigenvalue weighted by atomic mass is 10.2. The maximum absolute atomic E-state index is 12.3. The van der Waals surface area contributed by atoms with E-state index in [0.29, 0.717) is 10.2 Å². The molecule has 0 unspecified atom stereocenters. The largest absolute Gasteiger partial charge is 0.507 e. The van der Waals surface area contributed by atoms with E-state index >= 15 is 0 Å². The lowest BCUT2D eigenvalue weighted by molar-refractivity contribution is -0.119. The summed E-state index contributed by atoms with van der Waals surface area (Å²) in [4.78, 5) is 24.4. The van der Waals surface area contributed by atoms with Gasteiger partial charge in [-0.05, 0) is 63.8 Å². The number of phenols is 1. The van der Waals surface area contributed by atoms with Crippen LogP contribution in [0, 0.1) is 0 Å². The van der Waals surface area contributed by atoms with E-state index in [-0.39, 0.29) is 15.5 Å². The van der Waals surface area contributed by atoms with Gasteiger partial charge in [-0.25, -0.2) is 13.2 Å². The van der Waals surface area contributed by atoms with Crippen LogP contribution in [-0.2, 0) is 19.6 Å². The highest BCUT2D eigenvalue weighted by atomic mass is 79.9. The highest BCUT2D eigenvalue weighted by molar-refractivity contribution is 9.11. The van der Waals surface area contributed by atoms with E-state index in [9.17, 15) is 23.1 Å². The minimum Gasteiger partial charge on any atom is -0.507 e. The number of sulfonamides is 1. The molecule has 1 aromatic heterocycles. The van der Waals surface area contributed by atoms with Crippen molar-refractivity contribution in [2.75, 3.05) is 16.6 Å². The second-order valence-corrected chi connectivity index (χ2v) is 10.6. The molecular weight excluding hydrogens is 576 g/mol. The summed E-state index contributed by atoms with van der Waals surface area (Å²) in [5.41, 5.74) is 0.252. The number of carbonyl (C=O) groups is 2. The first-order chi connectivity index (χ1) is 14.7. The molecule has 31 heavy (non-hydrogen) atoms. The number of halogens is 2. The first-order valence-electron chi connectivity index (χ1n) is 8.47. The van der Waals surface area contributed by atoms with E-state index in [1.807, 2.05) is 0 Å². The van der Waals surface area contributed by atoms with Crippen molar-refractivity contribution >= 4 is 76.5 Å². The number of amides is 1. The molecule has 3 N–H and O–H groups in total. The van der Waals surface area contributed by atoms with Gasteiger partial charge in [0.25, 0.3) is 15.9 Å². The summed E-state index contributed by atoms with van der Waals surface area (Å²) in [6.45, 7) is -0.605. The average molecular weight is 590 g/mol. The number of hydrogen-bond donors (Lipinski definition) is 3. The Morgan fingerprint density at radius 1 is 1.10 bits per heavy atom. The number of esters is 1. The molecule has 162 valence electrons. The molecule has 0 aliphatic heterocycles. The van der Waals surface area contributed by atoms with Crippen molar-refractivity contribution in [1.29, 1.82) is 0 Å². The normalized spacial score (nSPS) is 11.0. The van der Waals surface area contributed by atoms with Crippen molar-refractivity contribution in [2.45, 2.75) is 4.21 Å². The van der Waals surface area contributed by atoms with Crippen molar-refractivity contribution in [3.05, 3.63) is 68.4 Å². The first-order valence-corrected chi connectivity index (χ1v) is 12.4. The van der Waals surface area contributed by atoms with Gasteiger partial charge in [0.15, 0.2) is 6.61 Å². The predicted octanol–water partition coefficient (Wildman–Crippen LogP) is 4.58. The summed E-state index contributed by atoms with van der Waals surface area (Å²) in [5, 5.41) is 14.2. The highest BCUT2D eigenvalue weighted by Gasteiger charge is 2.19. The van der Waals surface area contributed by atoms with Crippen LogP contribution in [0.2, 0.25) is 0 Å². The van der Waals surface area contributed by atoms with Crippen LogP contribution in [0.4, 0.5) is 11.4 Å². The van der Waals surface area contributed by atoms with Crippen LogP contribution in [0.5, 0.6) is 5.75 Å². The number of rotatable bonds is 7. The van der Waals surface area contributed by atoms with Crippen molar-refractivity contribution < 1.29 is 27.9 Å². The van der Waals surface area contributed by atoms with E-state index in [1.165, 1.54) is 12.1 Å². The molecule has 0 aliphatic rings. The van der Waals surface area contributed by atoms with Crippen molar-refractivity contribution in [3.63, 3.8) is 0 Å². The van der Waals surface area contributed by atoms with Crippen LogP contribution in [0.15, 0.2) is 67.1 Å². The number of anilines is 2. The van der Waals surface area contributed by atoms with Gasteiger partial charge in [0.2, 0.25) is 0 Å². The van der Waals surface area contributed by atoms with Gasteiger partial charge >= 0.3 is 5.97 Å². The molecule has 3 rings (SSSR count). The number of carbonyl (C=O) groups excluding carboxylic acids is 2. The Morgan fingerprint density at radius 3 is 2.55 bits per heavy atom. The van der Waals surface area contributed by atoms with Gasteiger partial charge in [-0.3, -0.25) is 9.52 Å². The maximum atomic E-state index is 12.3. The Hall–Kier alpha value is -2.41. The second-order valence-electron chi connectivity index (χ2n) is 6.02. The lowest BCUT2D eigenvalue weighted by Crippen LogP contribution is -2.21. The number of thiophene rings is 1. The van der Waals surface area contributed by atoms with Crippen LogP contribution >= 0.6 is 43.2 Å². The fourth-order valence-electron chi connectivity index (χ4n) is 2.37.